The lowest BCUT2D eigenvalue weighted by Crippen LogP contribution is -2.35. The Balaban J connectivity index is 2.64. The number of rotatable bonds is 3. The maximum Gasteiger partial charge on any atom is 0.143 e. The van der Waals surface area contributed by atoms with E-state index in [1.807, 2.05) is 13.8 Å². The normalized spacial score (nSPS) is 15.1. The van der Waals surface area contributed by atoms with Gasteiger partial charge in [0.15, 0.2) is 0 Å². The monoisotopic (exact) mass is 183 g/mol. The van der Waals surface area contributed by atoms with Gasteiger partial charge in [-0.3, -0.25) is 4.98 Å². The predicted molar refractivity (Wildman–Crippen MR) is 50.9 cm³/mol. The first-order valence-electron chi connectivity index (χ1n) is 4.22. The number of hydrogen-bond donors (Lipinski definition) is 2. The summed E-state index contributed by atoms with van der Waals surface area (Å²) in [5.41, 5.74) is 6.30. The van der Waals surface area contributed by atoms with Crippen molar-refractivity contribution < 1.29 is 4.39 Å². The summed E-state index contributed by atoms with van der Waals surface area (Å²) in [6.07, 6.45) is 2.74. The molecule has 3 N–H and O–H groups in total. The van der Waals surface area contributed by atoms with Crippen LogP contribution >= 0.6 is 0 Å². The summed E-state index contributed by atoms with van der Waals surface area (Å²) in [4.78, 5) is 3.72. The molecule has 0 aromatic carbocycles. The summed E-state index contributed by atoms with van der Waals surface area (Å²) >= 11 is 0. The molecule has 0 fully saturated rings. The van der Waals surface area contributed by atoms with Crippen molar-refractivity contribution in [2.24, 2.45) is 5.73 Å². The Morgan fingerprint density at radius 3 is 2.69 bits per heavy atom. The topological polar surface area (TPSA) is 50.9 Å². The van der Waals surface area contributed by atoms with Crippen LogP contribution in [0.1, 0.15) is 13.8 Å². The molecule has 2 unspecified atom stereocenters. The minimum atomic E-state index is -0.345. The van der Waals surface area contributed by atoms with E-state index >= 15 is 0 Å². The van der Waals surface area contributed by atoms with Gasteiger partial charge in [-0.25, -0.2) is 4.39 Å². The second-order valence-electron chi connectivity index (χ2n) is 3.18. The number of halogens is 1. The van der Waals surface area contributed by atoms with E-state index in [1.54, 1.807) is 6.20 Å². The molecule has 1 rings (SSSR count). The van der Waals surface area contributed by atoms with Crippen LogP contribution in [-0.4, -0.2) is 17.1 Å². The molecule has 1 aromatic heterocycles. The summed E-state index contributed by atoms with van der Waals surface area (Å²) in [6.45, 7) is 3.83. The molecule has 0 amide bonds. The molecule has 0 saturated heterocycles. The van der Waals surface area contributed by atoms with Crippen molar-refractivity contribution >= 4 is 5.69 Å². The molecule has 3 nitrogen and oxygen atoms in total. The van der Waals surface area contributed by atoms with Crippen LogP contribution in [0, 0.1) is 5.82 Å². The Labute approximate surface area is 77.2 Å². The van der Waals surface area contributed by atoms with Gasteiger partial charge in [-0.2, -0.15) is 0 Å². The van der Waals surface area contributed by atoms with Gasteiger partial charge in [-0.15, -0.1) is 0 Å². The molecule has 0 aliphatic carbocycles. The van der Waals surface area contributed by atoms with Crippen molar-refractivity contribution in [3.8, 4) is 0 Å². The summed E-state index contributed by atoms with van der Waals surface area (Å²) in [5.74, 6) is -0.345. The smallest absolute Gasteiger partial charge is 0.143 e. The Kier molecular flexibility index (Phi) is 3.19. The van der Waals surface area contributed by atoms with Crippen LogP contribution in [0.25, 0.3) is 0 Å². The van der Waals surface area contributed by atoms with Crippen molar-refractivity contribution in [1.29, 1.82) is 0 Å². The average Bonchev–Trinajstić information content (AvgIpc) is 2.04. The van der Waals surface area contributed by atoms with Crippen molar-refractivity contribution in [2.45, 2.75) is 25.9 Å². The second-order valence-corrected chi connectivity index (χ2v) is 3.18. The van der Waals surface area contributed by atoms with Gasteiger partial charge in [0.1, 0.15) is 5.82 Å². The van der Waals surface area contributed by atoms with Crippen molar-refractivity contribution in [2.75, 3.05) is 5.32 Å². The molecule has 0 saturated carbocycles. The molecule has 0 aliphatic heterocycles. The zero-order valence-electron chi connectivity index (χ0n) is 7.79. The fourth-order valence-electron chi connectivity index (χ4n) is 0.885. The van der Waals surface area contributed by atoms with Crippen LogP contribution < -0.4 is 11.1 Å². The second kappa shape index (κ2) is 4.18. The average molecular weight is 183 g/mol. The highest BCUT2D eigenvalue weighted by Crippen LogP contribution is 2.08. The van der Waals surface area contributed by atoms with E-state index in [4.69, 9.17) is 5.73 Å². The molecule has 0 radical (unpaired) electrons. The summed E-state index contributed by atoms with van der Waals surface area (Å²) in [5, 5.41) is 3.05. The minimum Gasteiger partial charge on any atom is -0.380 e. The van der Waals surface area contributed by atoms with Gasteiger partial charge in [-0.1, -0.05) is 0 Å². The summed E-state index contributed by atoms with van der Waals surface area (Å²) in [6, 6.07) is 1.51. The number of hydrogen-bond acceptors (Lipinski definition) is 3. The van der Waals surface area contributed by atoms with Crippen LogP contribution in [0.4, 0.5) is 10.1 Å². The first kappa shape index (κ1) is 9.92. The van der Waals surface area contributed by atoms with Crippen LogP contribution in [0.15, 0.2) is 18.5 Å². The third kappa shape index (κ3) is 2.99. The highest BCUT2D eigenvalue weighted by molar-refractivity contribution is 5.41. The quantitative estimate of drug-likeness (QED) is 0.744. The molecule has 0 aliphatic rings. The lowest BCUT2D eigenvalue weighted by Gasteiger charge is -2.18. The zero-order valence-corrected chi connectivity index (χ0v) is 7.79. The van der Waals surface area contributed by atoms with Gasteiger partial charge in [0.2, 0.25) is 0 Å². The maximum absolute atomic E-state index is 12.7. The van der Waals surface area contributed by atoms with Gasteiger partial charge in [-0.05, 0) is 13.8 Å². The molecule has 2 atom stereocenters. The molecule has 0 spiro atoms. The van der Waals surface area contributed by atoms with Gasteiger partial charge in [0.05, 0.1) is 18.1 Å². The number of nitrogens with zero attached hydrogens (tertiary/aromatic N) is 1. The number of nitrogens with two attached hydrogens (primary N) is 1. The number of pyridine rings is 1. The lowest BCUT2D eigenvalue weighted by atomic mass is 10.2. The molecule has 72 valence electrons. The van der Waals surface area contributed by atoms with Gasteiger partial charge in [0, 0.05) is 18.2 Å². The molecule has 1 heterocycles. The van der Waals surface area contributed by atoms with E-state index in [0.29, 0.717) is 5.69 Å². The first-order chi connectivity index (χ1) is 6.09. The van der Waals surface area contributed by atoms with E-state index in [9.17, 15) is 4.39 Å². The van der Waals surface area contributed by atoms with E-state index in [-0.39, 0.29) is 17.9 Å². The largest absolute Gasteiger partial charge is 0.380 e. The lowest BCUT2D eigenvalue weighted by molar-refractivity contribution is 0.616. The Bertz CT molecular complexity index is 275. The van der Waals surface area contributed by atoms with E-state index in [1.165, 1.54) is 12.3 Å². The fourth-order valence-corrected chi connectivity index (χ4v) is 0.885. The van der Waals surface area contributed by atoms with Gasteiger partial charge >= 0.3 is 0 Å². The highest BCUT2D eigenvalue weighted by Gasteiger charge is 2.06. The SMILES string of the molecule is CC(N)C(C)Nc1cncc(F)c1. The Morgan fingerprint density at radius 1 is 1.46 bits per heavy atom. The van der Waals surface area contributed by atoms with Crippen LogP contribution in [0.2, 0.25) is 0 Å². The molecule has 13 heavy (non-hydrogen) atoms. The fraction of sp³-hybridized carbons (Fsp3) is 0.444. The maximum atomic E-state index is 12.7. The zero-order chi connectivity index (χ0) is 9.84. The Morgan fingerprint density at radius 2 is 2.15 bits per heavy atom. The third-order valence-corrected chi connectivity index (χ3v) is 1.89. The van der Waals surface area contributed by atoms with Gasteiger partial charge < -0.3 is 11.1 Å². The molecular weight excluding hydrogens is 169 g/mol. The highest BCUT2D eigenvalue weighted by atomic mass is 19.1. The number of anilines is 1. The predicted octanol–water partition coefficient (Wildman–Crippen LogP) is 1.37. The van der Waals surface area contributed by atoms with E-state index in [2.05, 4.69) is 10.3 Å². The molecule has 4 heteroatoms. The van der Waals surface area contributed by atoms with E-state index in [0.717, 1.165) is 0 Å². The first-order valence-corrected chi connectivity index (χ1v) is 4.22. The van der Waals surface area contributed by atoms with Crippen molar-refractivity contribution in [1.82, 2.24) is 4.98 Å². The van der Waals surface area contributed by atoms with Crippen LogP contribution in [0.5, 0.6) is 0 Å². The number of aromatic nitrogens is 1. The van der Waals surface area contributed by atoms with Crippen molar-refractivity contribution in [3.63, 3.8) is 0 Å². The van der Waals surface area contributed by atoms with Gasteiger partial charge in [0.25, 0.3) is 0 Å². The van der Waals surface area contributed by atoms with Crippen molar-refractivity contribution in [3.05, 3.63) is 24.3 Å². The minimum absolute atomic E-state index is 0.0169. The van der Waals surface area contributed by atoms with Crippen LogP contribution in [-0.2, 0) is 0 Å². The standard InChI is InChI=1S/C9H14FN3/c1-6(11)7(2)13-9-3-8(10)4-12-5-9/h3-7,13H,11H2,1-2H3. The summed E-state index contributed by atoms with van der Waals surface area (Å²) < 4.78 is 12.7. The molecule has 0 bridgehead atoms. The number of nitrogens with one attached hydrogen (secondary N) is 1. The molecular formula is C9H14FN3. The van der Waals surface area contributed by atoms with Crippen LogP contribution in [0.3, 0.4) is 0 Å². The summed E-state index contributed by atoms with van der Waals surface area (Å²) in [7, 11) is 0. The third-order valence-electron chi connectivity index (χ3n) is 1.89. The molecule has 1 aromatic rings. The van der Waals surface area contributed by atoms with E-state index < -0.39 is 0 Å². The Hall–Kier alpha value is -1.16.